The zero-order valence-electron chi connectivity index (χ0n) is 14.3. The molecule has 0 amide bonds. The quantitative estimate of drug-likeness (QED) is 0.748. The minimum Gasteiger partial charge on any atom is -0.487 e. The highest BCUT2D eigenvalue weighted by atomic mass is 32.1. The van der Waals surface area contributed by atoms with Crippen LogP contribution in [0.25, 0.3) is 0 Å². The Balaban J connectivity index is 1.79. The van der Waals surface area contributed by atoms with Crippen LogP contribution in [-0.4, -0.2) is 10.7 Å². The number of hydrogen-bond donors (Lipinski definition) is 2. The summed E-state index contributed by atoms with van der Waals surface area (Å²) >= 11 is 5.32. The van der Waals surface area contributed by atoms with Crippen LogP contribution in [0.1, 0.15) is 37.4 Å². The number of thiocarbonyl (C=S) groups is 1. The molecule has 2 aromatic carbocycles. The van der Waals surface area contributed by atoms with Crippen LogP contribution in [0.3, 0.4) is 0 Å². The number of ether oxygens (including phenoxy) is 1. The van der Waals surface area contributed by atoms with Crippen LogP contribution in [0, 0.1) is 18.6 Å². The molecule has 2 N–H and O–H groups in total. The summed E-state index contributed by atoms with van der Waals surface area (Å²) in [6.45, 7) is 6.04. The van der Waals surface area contributed by atoms with Crippen molar-refractivity contribution in [3.05, 3.63) is 59.2 Å². The average molecular weight is 362 g/mol. The molecule has 132 valence electrons. The summed E-state index contributed by atoms with van der Waals surface area (Å²) in [5.41, 5.74) is 1.90. The fourth-order valence-corrected chi connectivity index (χ4v) is 3.25. The Hall–Kier alpha value is -2.21. The molecule has 0 aliphatic carbocycles. The van der Waals surface area contributed by atoms with Gasteiger partial charge in [-0.15, -0.1) is 0 Å². The molecular formula is C19H20F2N2OS. The number of fused-ring (bicyclic) bond motifs is 1. The fourth-order valence-electron chi connectivity index (χ4n) is 2.99. The van der Waals surface area contributed by atoms with Gasteiger partial charge in [-0.05, 0) is 56.8 Å². The topological polar surface area (TPSA) is 33.3 Å². The van der Waals surface area contributed by atoms with Gasteiger partial charge in [0, 0.05) is 18.1 Å². The number of nitrogens with one attached hydrogen (secondary N) is 2. The lowest BCUT2D eigenvalue weighted by Crippen LogP contribution is -2.42. The minimum atomic E-state index is -0.688. The van der Waals surface area contributed by atoms with Crippen LogP contribution >= 0.6 is 12.2 Å². The summed E-state index contributed by atoms with van der Waals surface area (Å²) in [5, 5.41) is 6.29. The summed E-state index contributed by atoms with van der Waals surface area (Å²) in [6, 6.07) is 9.29. The fraction of sp³-hybridized carbons (Fsp3) is 0.316. The summed E-state index contributed by atoms with van der Waals surface area (Å²) in [7, 11) is 0. The smallest absolute Gasteiger partial charge is 0.171 e. The van der Waals surface area contributed by atoms with Gasteiger partial charge < -0.3 is 15.4 Å². The van der Waals surface area contributed by atoms with Crippen molar-refractivity contribution in [2.75, 3.05) is 5.32 Å². The van der Waals surface area contributed by atoms with Gasteiger partial charge >= 0.3 is 0 Å². The van der Waals surface area contributed by atoms with Crippen molar-refractivity contribution in [1.82, 2.24) is 5.32 Å². The van der Waals surface area contributed by atoms with Gasteiger partial charge in [-0.25, -0.2) is 8.78 Å². The predicted octanol–water partition coefficient (Wildman–Crippen LogP) is 4.86. The molecule has 0 saturated carbocycles. The first-order valence-corrected chi connectivity index (χ1v) is 8.46. The Bertz CT molecular complexity index is 823. The van der Waals surface area contributed by atoms with Gasteiger partial charge in [0.2, 0.25) is 0 Å². The predicted molar refractivity (Wildman–Crippen MR) is 99.0 cm³/mol. The summed E-state index contributed by atoms with van der Waals surface area (Å²) in [5.74, 6) is -0.491. The van der Waals surface area contributed by atoms with Crippen LogP contribution < -0.4 is 15.4 Å². The number of rotatable bonds is 2. The lowest BCUT2D eigenvalue weighted by molar-refractivity contribution is 0.0696. The van der Waals surface area contributed by atoms with Crippen LogP contribution in [-0.2, 0) is 0 Å². The SMILES string of the molecule is Cc1ccc2c(c1)OC(C)(C)C[C@@H]2NC(=S)Nc1ccc(F)cc1F. The number of benzene rings is 2. The maximum absolute atomic E-state index is 13.8. The summed E-state index contributed by atoms with van der Waals surface area (Å²) < 4.78 is 32.9. The Morgan fingerprint density at radius 3 is 2.68 bits per heavy atom. The maximum atomic E-state index is 13.8. The van der Waals surface area contributed by atoms with E-state index >= 15 is 0 Å². The second-order valence-corrected chi connectivity index (χ2v) is 7.29. The number of halogens is 2. The highest BCUT2D eigenvalue weighted by Crippen LogP contribution is 2.39. The van der Waals surface area contributed by atoms with E-state index in [0.717, 1.165) is 22.9 Å². The first-order valence-electron chi connectivity index (χ1n) is 8.06. The zero-order chi connectivity index (χ0) is 18.2. The Morgan fingerprint density at radius 2 is 1.96 bits per heavy atom. The average Bonchev–Trinajstić information content (AvgIpc) is 2.48. The van der Waals surface area contributed by atoms with Gasteiger partial charge in [0.1, 0.15) is 23.0 Å². The van der Waals surface area contributed by atoms with Gasteiger partial charge in [-0.3, -0.25) is 0 Å². The van der Waals surface area contributed by atoms with E-state index in [2.05, 4.69) is 10.6 Å². The molecular weight excluding hydrogens is 342 g/mol. The van der Waals surface area contributed by atoms with Gasteiger partial charge in [0.05, 0.1) is 11.7 Å². The lowest BCUT2D eigenvalue weighted by Gasteiger charge is -2.38. The van der Waals surface area contributed by atoms with Crippen molar-refractivity contribution in [1.29, 1.82) is 0 Å². The van der Waals surface area contributed by atoms with Crippen LogP contribution in [0.4, 0.5) is 14.5 Å². The molecule has 1 atom stereocenters. The Labute approximate surface area is 151 Å². The van der Waals surface area contributed by atoms with Gasteiger partial charge in [0.15, 0.2) is 5.11 Å². The normalized spacial score (nSPS) is 18.0. The molecule has 0 radical (unpaired) electrons. The standard InChI is InChI=1S/C19H20F2N2OS/c1-11-4-6-13-16(10-19(2,3)24-17(13)8-11)23-18(25)22-15-7-5-12(20)9-14(15)21/h4-9,16H,10H2,1-3H3,(H2,22,23,25)/t16-/m0/s1. The van der Waals surface area contributed by atoms with E-state index in [1.165, 1.54) is 12.1 Å². The van der Waals surface area contributed by atoms with Gasteiger partial charge in [-0.2, -0.15) is 0 Å². The molecule has 0 bridgehead atoms. The van der Waals surface area contributed by atoms with E-state index in [9.17, 15) is 8.78 Å². The third-order valence-electron chi connectivity index (χ3n) is 4.11. The first-order chi connectivity index (χ1) is 11.7. The minimum absolute atomic E-state index is 0.0668. The van der Waals surface area contributed by atoms with E-state index in [1.54, 1.807) is 0 Å². The number of aryl methyl sites for hydroxylation is 1. The molecule has 3 rings (SSSR count). The van der Waals surface area contributed by atoms with Crippen molar-refractivity contribution >= 4 is 23.0 Å². The van der Waals surface area contributed by atoms with Crippen LogP contribution in [0.2, 0.25) is 0 Å². The maximum Gasteiger partial charge on any atom is 0.171 e. The summed E-state index contributed by atoms with van der Waals surface area (Å²) in [4.78, 5) is 0. The van der Waals surface area contributed by atoms with Crippen molar-refractivity contribution < 1.29 is 13.5 Å². The third kappa shape index (κ3) is 4.07. The highest BCUT2D eigenvalue weighted by molar-refractivity contribution is 7.80. The monoisotopic (exact) mass is 362 g/mol. The van der Waals surface area contributed by atoms with E-state index < -0.39 is 11.6 Å². The van der Waals surface area contributed by atoms with Gasteiger partial charge in [-0.1, -0.05) is 12.1 Å². The second-order valence-electron chi connectivity index (χ2n) is 6.88. The third-order valence-corrected chi connectivity index (χ3v) is 4.33. The molecule has 1 heterocycles. The molecule has 25 heavy (non-hydrogen) atoms. The van der Waals surface area contributed by atoms with E-state index in [4.69, 9.17) is 17.0 Å². The van der Waals surface area contributed by atoms with Crippen molar-refractivity contribution in [2.24, 2.45) is 0 Å². The van der Waals surface area contributed by atoms with Crippen molar-refractivity contribution in [3.63, 3.8) is 0 Å². The molecule has 2 aromatic rings. The number of hydrogen-bond acceptors (Lipinski definition) is 2. The molecule has 6 heteroatoms. The van der Waals surface area contributed by atoms with Crippen molar-refractivity contribution in [2.45, 2.75) is 38.8 Å². The lowest BCUT2D eigenvalue weighted by atomic mass is 9.89. The van der Waals surface area contributed by atoms with E-state index in [-0.39, 0.29) is 22.4 Å². The Kier molecular flexibility index (Phi) is 4.64. The van der Waals surface area contributed by atoms with Crippen LogP contribution in [0.5, 0.6) is 5.75 Å². The largest absolute Gasteiger partial charge is 0.487 e. The summed E-state index contributed by atoms with van der Waals surface area (Å²) in [6.07, 6.45) is 0.705. The van der Waals surface area contributed by atoms with Gasteiger partial charge in [0.25, 0.3) is 0 Å². The van der Waals surface area contributed by atoms with Crippen LogP contribution in [0.15, 0.2) is 36.4 Å². The van der Waals surface area contributed by atoms with E-state index in [1.807, 2.05) is 39.0 Å². The molecule has 0 fully saturated rings. The molecule has 0 unspecified atom stereocenters. The van der Waals surface area contributed by atoms with Crippen molar-refractivity contribution in [3.8, 4) is 5.75 Å². The molecule has 0 spiro atoms. The molecule has 1 aliphatic heterocycles. The zero-order valence-corrected chi connectivity index (χ0v) is 15.1. The highest BCUT2D eigenvalue weighted by Gasteiger charge is 2.34. The molecule has 3 nitrogen and oxygen atoms in total. The molecule has 0 saturated heterocycles. The van der Waals surface area contributed by atoms with E-state index in [0.29, 0.717) is 6.42 Å². The Morgan fingerprint density at radius 1 is 1.20 bits per heavy atom. The molecule has 1 aliphatic rings. The first kappa shape index (κ1) is 17.6. The number of anilines is 1. The second kappa shape index (κ2) is 6.59. The molecule has 0 aromatic heterocycles.